The number of ether oxygens (including phenoxy) is 1. The number of halogens is 1. The Kier molecular flexibility index (Phi) is 7.16. The van der Waals surface area contributed by atoms with Gasteiger partial charge in [-0.15, -0.1) is 0 Å². The Morgan fingerprint density at radius 2 is 1.78 bits per heavy atom. The van der Waals surface area contributed by atoms with Crippen molar-refractivity contribution in [2.45, 2.75) is 77.2 Å². The SMILES string of the molecule is CC(C)(C)OC(=O)C1(Cc2ccc(F)c(NC(=O)C(c3ccc([N+](=O)[O-])cc3)C3CCCC3)c2)CC1. The lowest BCUT2D eigenvalue weighted by Gasteiger charge is -2.24. The van der Waals surface area contributed by atoms with Gasteiger partial charge in [-0.05, 0) is 82.1 Å². The maximum atomic E-state index is 14.8. The minimum absolute atomic E-state index is 0.0398. The zero-order valence-corrected chi connectivity index (χ0v) is 21.0. The zero-order valence-electron chi connectivity index (χ0n) is 21.0. The molecule has 1 unspecified atom stereocenters. The summed E-state index contributed by atoms with van der Waals surface area (Å²) in [4.78, 5) is 36.8. The summed E-state index contributed by atoms with van der Waals surface area (Å²) in [5.74, 6) is -1.58. The summed E-state index contributed by atoms with van der Waals surface area (Å²) in [5, 5.41) is 13.8. The van der Waals surface area contributed by atoms with E-state index in [-0.39, 0.29) is 29.2 Å². The van der Waals surface area contributed by atoms with Gasteiger partial charge < -0.3 is 10.1 Å². The second-order valence-electron chi connectivity index (χ2n) is 11.1. The third-order valence-electron chi connectivity index (χ3n) is 7.13. The summed E-state index contributed by atoms with van der Waals surface area (Å²) >= 11 is 0. The fourth-order valence-corrected chi connectivity index (χ4v) is 5.10. The first-order valence-corrected chi connectivity index (χ1v) is 12.5. The van der Waals surface area contributed by atoms with Crippen LogP contribution >= 0.6 is 0 Å². The van der Waals surface area contributed by atoms with Gasteiger partial charge in [-0.25, -0.2) is 4.39 Å². The largest absolute Gasteiger partial charge is 0.460 e. The molecule has 2 aliphatic carbocycles. The smallest absolute Gasteiger partial charge is 0.312 e. The van der Waals surface area contributed by atoms with Crippen LogP contribution < -0.4 is 5.32 Å². The molecule has 2 fully saturated rings. The average molecular weight is 497 g/mol. The summed E-state index contributed by atoms with van der Waals surface area (Å²) in [6, 6.07) is 10.6. The summed E-state index contributed by atoms with van der Waals surface area (Å²) in [6.07, 6.45) is 5.61. The van der Waals surface area contributed by atoms with Gasteiger partial charge in [-0.1, -0.05) is 31.0 Å². The monoisotopic (exact) mass is 496 g/mol. The number of benzene rings is 2. The van der Waals surface area contributed by atoms with Gasteiger partial charge in [0, 0.05) is 12.1 Å². The number of nitrogens with one attached hydrogen (secondary N) is 1. The highest BCUT2D eigenvalue weighted by Crippen LogP contribution is 2.50. The van der Waals surface area contributed by atoms with Crippen molar-refractivity contribution in [2.75, 3.05) is 5.32 Å². The molecule has 2 aromatic carbocycles. The van der Waals surface area contributed by atoms with Gasteiger partial charge in [0.2, 0.25) is 5.91 Å². The van der Waals surface area contributed by atoms with Gasteiger partial charge in [-0.3, -0.25) is 19.7 Å². The molecule has 0 aliphatic heterocycles. The molecule has 8 heteroatoms. The van der Waals surface area contributed by atoms with Gasteiger partial charge in [0.15, 0.2) is 0 Å². The molecule has 192 valence electrons. The first-order chi connectivity index (χ1) is 17.0. The molecule has 36 heavy (non-hydrogen) atoms. The van der Waals surface area contributed by atoms with Crippen molar-refractivity contribution in [1.29, 1.82) is 0 Å². The summed E-state index contributed by atoms with van der Waals surface area (Å²) in [6.45, 7) is 5.49. The van der Waals surface area contributed by atoms with E-state index in [1.807, 2.05) is 20.8 Å². The van der Waals surface area contributed by atoms with Crippen molar-refractivity contribution in [3.63, 3.8) is 0 Å². The van der Waals surface area contributed by atoms with E-state index in [9.17, 15) is 24.1 Å². The number of rotatable bonds is 8. The number of carbonyl (C=O) groups excluding carboxylic acids is 2. The van der Waals surface area contributed by atoms with Gasteiger partial charge in [0.25, 0.3) is 5.69 Å². The topological polar surface area (TPSA) is 98.5 Å². The Bertz CT molecular complexity index is 1150. The molecule has 4 rings (SSSR count). The summed E-state index contributed by atoms with van der Waals surface area (Å²) < 4.78 is 20.4. The van der Waals surface area contributed by atoms with E-state index in [0.717, 1.165) is 31.2 Å². The van der Waals surface area contributed by atoms with Crippen LogP contribution in [0.4, 0.5) is 15.8 Å². The van der Waals surface area contributed by atoms with Crippen molar-refractivity contribution < 1.29 is 23.6 Å². The molecule has 0 saturated heterocycles. The molecule has 0 spiro atoms. The molecule has 2 aromatic rings. The van der Waals surface area contributed by atoms with E-state index < -0.39 is 27.7 Å². The number of nitro benzene ring substituents is 1. The molecule has 0 aromatic heterocycles. The molecule has 7 nitrogen and oxygen atoms in total. The fourth-order valence-electron chi connectivity index (χ4n) is 5.10. The number of carbonyl (C=O) groups is 2. The van der Waals surface area contributed by atoms with Gasteiger partial charge in [0.05, 0.1) is 21.9 Å². The average Bonchev–Trinajstić information content (AvgIpc) is 3.39. The molecule has 0 bridgehead atoms. The molecule has 2 aliphatic rings. The van der Waals surface area contributed by atoms with Crippen LogP contribution in [-0.4, -0.2) is 22.4 Å². The van der Waals surface area contributed by atoms with E-state index in [1.165, 1.54) is 18.2 Å². The van der Waals surface area contributed by atoms with Crippen LogP contribution in [0.25, 0.3) is 0 Å². The maximum Gasteiger partial charge on any atom is 0.312 e. The highest BCUT2D eigenvalue weighted by Gasteiger charge is 2.52. The third-order valence-corrected chi connectivity index (χ3v) is 7.13. The second kappa shape index (κ2) is 9.99. The number of esters is 1. The van der Waals surface area contributed by atoms with E-state index >= 15 is 0 Å². The minimum Gasteiger partial charge on any atom is -0.460 e. The van der Waals surface area contributed by atoms with E-state index in [1.54, 1.807) is 24.3 Å². The van der Waals surface area contributed by atoms with Crippen LogP contribution in [0, 0.1) is 27.3 Å². The molecule has 0 heterocycles. The Morgan fingerprint density at radius 3 is 2.33 bits per heavy atom. The van der Waals surface area contributed by atoms with Crippen molar-refractivity contribution in [2.24, 2.45) is 11.3 Å². The summed E-state index contributed by atoms with van der Waals surface area (Å²) in [7, 11) is 0. The second-order valence-corrected chi connectivity index (χ2v) is 11.1. The molecule has 0 radical (unpaired) electrons. The first-order valence-electron chi connectivity index (χ1n) is 12.5. The standard InChI is InChI=1S/C28H33FN2O5/c1-27(2,3)36-26(33)28(14-15-28)17-18-8-13-22(29)23(16-18)30-25(32)24(19-6-4-5-7-19)20-9-11-21(12-10-20)31(34)35/h8-13,16,19,24H,4-7,14-15,17H2,1-3H3,(H,30,32). The predicted molar refractivity (Wildman–Crippen MR) is 134 cm³/mol. The number of nitrogens with zero attached hydrogens (tertiary/aromatic N) is 1. The van der Waals surface area contributed by atoms with Gasteiger partial charge >= 0.3 is 5.97 Å². The molecule has 1 amide bonds. The molecule has 1 atom stereocenters. The Morgan fingerprint density at radius 1 is 1.14 bits per heavy atom. The number of nitro groups is 1. The van der Waals surface area contributed by atoms with Crippen molar-refractivity contribution >= 4 is 23.3 Å². The minimum atomic E-state index is -0.600. The molecular formula is C28H33FN2O5. The maximum absolute atomic E-state index is 14.8. The van der Waals surface area contributed by atoms with Crippen LogP contribution in [0.2, 0.25) is 0 Å². The van der Waals surface area contributed by atoms with Crippen LogP contribution in [0.5, 0.6) is 0 Å². The van der Waals surface area contributed by atoms with Crippen LogP contribution in [0.1, 0.15) is 76.3 Å². The number of non-ortho nitro benzene ring substituents is 1. The van der Waals surface area contributed by atoms with Gasteiger partial charge in [0.1, 0.15) is 11.4 Å². The van der Waals surface area contributed by atoms with Crippen molar-refractivity contribution in [3.8, 4) is 0 Å². The number of amides is 1. The zero-order chi connectivity index (χ0) is 26.1. The van der Waals surface area contributed by atoms with Crippen LogP contribution in [0.3, 0.4) is 0 Å². The number of hydrogen-bond donors (Lipinski definition) is 1. The lowest BCUT2D eigenvalue weighted by Crippen LogP contribution is -2.31. The third kappa shape index (κ3) is 5.91. The molecule has 2 saturated carbocycles. The number of hydrogen-bond acceptors (Lipinski definition) is 5. The Hall–Kier alpha value is -3.29. The lowest BCUT2D eigenvalue weighted by atomic mass is 9.84. The molecular weight excluding hydrogens is 463 g/mol. The van der Waals surface area contributed by atoms with E-state index in [2.05, 4.69) is 5.32 Å². The van der Waals surface area contributed by atoms with Crippen molar-refractivity contribution in [3.05, 3.63) is 69.5 Å². The molecule has 1 N–H and O–H groups in total. The van der Waals surface area contributed by atoms with Crippen LogP contribution in [0.15, 0.2) is 42.5 Å². The van der Waals surface area contributed by atoms with Crippen molar-refractivity contribution in [1.82, 2.24) is 0 Å². The normalized spacial score (nSPS) is 17.9. The van der Waals surface area contributed by atoms with Crippen LogP contribution in [-0.2, 0) is 20.7 Å². The first kappa shape index (κ1) is 25.8. The lowest BCUT2D eigenvalue weighted by molar-refractivity contribution is -0.384. The number of anilines is 1. The highest BCUT2D eigenvalue weighted by molar-refractivity contribution is 5.96. The Labute approximate surface area is 210 Å². The van der Waals surface area contributed by atoms with E-state index in [4.69, 9.17) is 4.74 Å². The van der Waals surface area contributed by atoms with E-state index in [0.29, 0.717) is 24.8 Å². The highest BCUT2D eigenvalue weighted by atomic mass is 19.1. The fraction of sp³-hybridized carbons (Fsp3) is 0.500. The quantitative estimate of drug-likeness (QED) is 0.262. The summed E-state index contributed by atoms with van der Waals surface area (Å²) in [5.41, 5.74) is 0.287. The predicted octanol–water partition coefficient (Wildman–Crippen LogP) is 6.31. The van der Waals surface area contributed by atoms with Gasteiger partial charge in [-0.2, -0.15) is 0 Å². The Balaban J connectivity index is 1.53.